The van der Waals surface area contributed by atoms with Gasteiger partial charge in [0.1, 0.15) is 18.6 Å². The van der Waals surface area contributed by atoms with Gasteiger partial charge in [-0.25, -0.2) is 0 Å². The van der Waals surface area contributed by atoms with E-state index in [-0.39, 0.29) is 18.4 Å². The number of hydrogen-bond acceptors (Lipinski definition) is 7. The third kappa shape index (κ3) is 4.88. The molecule has 0 saturated heterocycles. The van der Waals surface area contributed by atoms with E-state index in [0.29, 0.717) is 17.6 Å². The van der Waals surface area contributed by atoms with E-state index in [0.717, 1.165) is 5.69 Å². The lowest BCUT2D eigenvalue weighted by Gasteiger charge is -2.19. The number of rotatable bonds is 6. The van der Waals surface area contributed by atoms with Crippen LogP contribution in [-0.4, -0.2) is 44.8 Å². The van der Waals surface area contributed by atoms with Gasteiger partial charge in [-0.2, -0.15) is 0 Å². The molecule has 7 nitrogen and oxygen atoms in total. The van der Waals surface area contributed by atoms with Gasteiger partial charge in [0.2, 0.25) is 5.90 Å². The third-order valence-corrected chi connectivity index (χ3v) is 2.56. The molecule has 0 aliphatic carbocycles. The van der Waals surface area contributed by atoms with E-state index in [2.05, 4.69) is 0 Å². The highest BCUT2D eigenvalue weighted by atomic mass is 16.5. The van der Waals surface area contributed by atoms with Crippen LogP contribution in [0.3, 0.4) is 0 Å². The monoisotopic (exact) mass is 292 g/mol. The summed E-state index contributed by atoms with van der Waals surface area (Å²) in [5, 5.41) is 15.0. The molecule has 1 atom stereocenters. The topological polar surface area (TPSA) is 112 Å². The first-order valence-corrected chi connectivity index (χ1v) is 6.32. The molecule has 21 heavy (non-hydrogen) atoms. The van der Waals surface area contributed by atoms with Crippen LogP contribution in [0.1, 0.15) is 12.5 Å². The van der Waals surface area contributed by atoms with Gasteiger partial charge in [0, 0.05) is 26.6 Å². The molecule has 1 aromatic carbocycles. The third-order valence-electron chi connectivity index (χ3n) is 2.56. The number of hydrogen-bond donors (Lipinski definition) is 3. The number of ether oxygens (including phenoxy) is 2. The lowest BCUT2D eigenvalue weighted by Crippen LogP contribution is -2.29. The molecule has 0 amide bonds. The average molecular weight is 292 g/mol. The van der Waals surface area contributed by atoms with E-state index >= 15 is 0 Å². The first-order valence-electron chi connectivity index (χ1n) is 6.32. The predicted molar refractivity (Wildman–Crippen MR) is 81.6 cm³/mol. The largest absolute Gasteiger partial charge is 0.489 e. The molecule has 0 unspecified atom stereocenters. The zero-order chi connectivity index (χ0) is 16.0. The Hall–Kier alpha value is -2.41. The summed E-state index contributed by atoms with van der Waals surface area (Å²) in [5.74, 6) is 0.394. The van der Waals surface area contributed by atoms with E-state index in [9.17, 15) is 4.79 Å². The highest BCUT2D eigenvalue weighted by molar-refractivity contribution is 5.99. The summed E-state index contributed by atoms with van der Waals surface area (Å²) in [6.07, 6.45) is 0.625. The second-order valence-electron chi connectivity index (χ2n) is 4.68. The van der Waals surface area contributed by atoms with Gasteiger partial charge in [0.25, 0.3) is 0 Å². The van der Waals surface area contributed by atoms with E-state index < -0.39 is 6.04 Å². The van der Waals surface area contributed by atoms with Crippen LogP contribution in [-0.2, 0) is 9.53 Å². The quantitative estimate of drug-likeness (QED) is 0.411. The first-order chi connectivity index (χ1) is 9.85. The molecular formula is C14H20N4O3. The van der Waals surface area contributed by atoms with Crippen molar-refractivity contribution in [2.24, 2.45) is 5.73 Å². The summed E-state index contributed by atoms with van der Waals surface area (Å²) >= 11 is 0. The van der Waals surface area contributed by atoms with E-state index in [1.807, 2.05) is 19.0 Å². The van der Waals surface area contributed by atoms with Gasteiger partial charge in [0.15, 0.2) is 5.90 Å². The highest BCUT2D eigenvalue weighted by Gasteiger charge is 2.12. The second-order valence-corrected chi connectivity index (χ2v) is 4.68. The SMILES string of the molecule is CC(=N)OC(=N)c1ccc(OC[C@H](N)C=O)c(N(C)C)c1. The van der Waals surface area contributed by atoms with Gasteiger partial charge in [-0.1, -0.05) is 0 Å². The lowest BCUT2D eigenvalue weighted by atomic mass is 10.1. The maximum absolute atomic E-state index is 10.5. The Balaban J connectivity index is 2.98. The van der Waals surface area contributed by atoms with Gasteiger partial charge >= 0.3 is 0 Å². The van der Waals surface area contributed by atoms with Gasteiger partial charge in [-0.3, -0.25) is 10.8 Å². The van der Waals surface area contributed by atoms with Crippen LogP contribution in [0, 0.1) is 10.8 Å². The summed E-state index contributed by atoms with van der Waals surface area (Å²) in [4.78, 5) is 12.3. The number of nitrogens with zero attached hydrogens (tertiary/aromatic N) is 1. The first kappa shape index (κ1) is 16.6. The predicted octanol–water partition coefficient (Wildman–Crippen LogP) is 0.997. The molecular weight excluding hydrogens is 272 g/mol. The molecule has 0 saturated carbocycles. The molecule has 114 valence electrons. The number of carbonyl (C=O) groups excluding carboxylic acids is 1. The van der Waals surface area contributed by atoms with Gasteiger partial charge < -0.3 is 24.9 Å². The second kappa shape index (κ2) is 7.39. The van der Waals surface area contributed by atoms with Crippen LogP contribution >= 0.6 is 0 Å². The van der Waals surface area contributed by atoms with Crippen molar-refractivity contribution >= 4 is 23.8 Å². The molecule has 0 fully saturated rings. The van der Waals surface area contributed by atoms with Crippen molar-refractivity contribution in [1.29, 1.82) is 10.8 Å². The Kier molecular flexibility index (Phi) is 5.86. The maximum Gasteiger partial charge on any atom is 0.220 e. The molecule has 0 bridgehead atoms. The Morgan fingerprint density at radius 1 is 1.43 bits per heavy atom. The Labute approximate surface area is 123 Å². The maximum atomic E-state index is 10.5. The van der Waals surface area contributed by atoms with Crippen molar-refractivity contribution in [2.45, 2.75) is 13.0 Å². The molecule has 1 aromatic rings. The van der Waals surface area contributed by atoms with E-state index in [1.165, 1.54) is 6.92 Å². The molecule has 0 spiro atoms. The fraction of sp³-hybridized carbons (Fsp3) is 0.357. The van der Waals surface area contributed by atoms with Gasteiger partial charge in [-0.05, 0) is 18.2 Å². The number of nitrogens with two attached hydrogens (primary N) is 1. The Morgan fingerprint density at radius 3 is 2.62 bits per heavy atom. The van der Waals surface area contributed by atoms with Gasteiger partial charge in [-0.15, -0.1) is 0 Å². The van der Waals surface area contributed by atoms with Crippen LogP contribution in [0.25, 0.3) is 0 Å². The summed E-state index contributed by atoms with van der Waals surface area (Å²) in [7, 11) is 3.66. The molecule has 0 aliphatic rings. The normalized spacial score (nSPS) is 11.4. The molecule has 0 aromatic heterocycles. The molecule has 0 heterocycles. The molecule has 7 heteroatoms. The summed E-state index contributed by atoms with van der Waals surface area (Å²) in [6.45, 7) is 1.54. The number of nitrogens with one attached hydrogen (secondary N) is 2. The highest BCUT2D eigenvalue weighted by Crippen LogP contribution is 2.28. The molecule has 4 N–H and O–H groups in total. The molecule has 0 aliphatic heterocycles. The van der Waals surface area contributed by atoms with Crippen molar-refractivity contribution in [2.75, 3.05) is 25.6 Å². The summed E-state index contributed by atoms with van der Waals surface area (Å²) in [6, 6.07) is 4.37. The molecule has 0 radical (unpaired) electrons. The molecule has 1 rings (SSSR count). The van der Waals surface area contributed by atoms with Crippen molar-refractivity contribution in [1.82, 2.24) is 0 Å². The van der Waals surface area contributed by atoms with Crippen molar-refractivity contribution in [3.63, 3.8) is 0 Å². The van der Waals surface area contributed by atoms with Crippen LogP contribution in [0.2, 0.25) is 0 Å². The number of benzene rings is 1. The fourth-order valence-electron chi connectivity index (χ4n) is 1.57. The zero-order valence-electron chi connectivity index (χ0n) is 12.3. The van der Waals surface area contributed by atoms with Crippen LogP contribution in [0.5, 0.6) is 5.75 Å². The minimum atomic E-state index is -0.679. The standard InChI is InChI=1S/C14H20N4O3/c1-9(15)21-14(17)10-4-5-13(12(6-10)18(2)3)20-8-11(16)7-19/h4-7,11,15,17H,8,16H2,1-3H3/t11-/m1/s1. The van der Waals surface area contributed by atoms with Crippen LogP contribution in [0.15, 0.2) is 18.2 Å². The van der Waals surface area contributed by atoms with Crippen molar-refractivity contribution in [3.8, 4) is 5.75 Å². The van der Waals surface area contributed by atoms with Crippen molar-refractivity contribution < 1.29 is 14.3 Å². The summed E-state index contributed by atoms with van der Waals surface area (Å²) < 4.78 is 10.5. The lowest BCUT2D eigenvalue weighted by molar-refractivity contribution is -0.109. The minimum Gasteiger partial charge on any atom is -0.489 e. The number of carbonyl (C=O) groups is 1. The van der Waals surface area contributed by atoms with E-state index in [4.69, 9.17) is 26.0 Å². The average Bonchev–Trinajstić information content (AvgIpc) is 2.43. The van der Waals surface area contributed by atoms with Crippen molar-refractivity contribution in [3.05, 3.63) is 23.8 Å². The van der Waals surface area contributed by atoms with Crippen LogP contribution in [0.4, 0.5) is 5.69 Å². The minimum absolute atomic E-state index is 0.0521. The number of aldehydes is 1. The fourth-order valence-corrected chi connectivity index (χ4v) is 1.57. The Bertz CT molecular complexity index is 543. The Morgan fingerprint density at radius 2 is 2.10 bits per heavy atom. The zero-order valence-corrected chi connectivity index (χ0v) is 12.3. The van der Waals surface area contributed by atoms with Crippen LogP contribution < -0.4 is 15.4 Å². The van der Waals surface area contributed by atoms with Gasteiger partial charge in [0.05, 0.1) is 11.7 Å². The van der Waals surface area contributed by atoms with E-state index in [1.54, 1.807) is 18.2 Å². The summed E-state index contributed by atoms with van der Waals surface area (Å²) in [5.41, 5.74) is 6.74. The number of anilines is 1. The smallest absolute Gasteiger partial charge is 0.220 e.